The lowest BCUT2D eigenvalue weighted by molar-refractivity contribution is -0.122. The number of nitrogens with one attached hydrogen (secondary N) is 1. The van der Waals surface area contributed by atoms with Crippen molar-refractivity contribution in [1.82, 2.24) is 5.32 Å². The highest BCUT2D eigenvalue weighted by atomic mass is 35.5. The summed E-state index contributed by atoms with van der Waals surface area (Å²) < 4.78 is 16.7. The maximum atomic E-state index is 12.3. The van der Waals surface area contributed by atoms with Crippen LogP contribution in [0.4, 0.5) is 5.69 Å². The molecule has 29 heavy (non-hydrogen) atoms. The highest BCUT2D eigenvalue weighted by molar-refractivity contribution is 6.32. The van der Waals surface area contributed by atoms with Crippen LogP contribution in [-0.2, 0) is 16.1 Å². The summed E-state index contributed by atoms with van der Waals surface area (Å²) >= 11 is 6.29. The van der Waals surface area contributed by atoms with Crippen molar-refractivity contribution in [3.05, 3.63) is 47.0 Å². The van der Waals surface area contributed by atoms with Gasteiger partial charge in [-0.25, -0.2) is 0 Å². The molecule has 0 bridgehead atoms. The molecule has 0 fully saturated rings. The highest BCUT2D eigenvalue weighted by Gasteiger charge is 2.25. The van der Waals surface area contributed by atoms with Crippen molar-refractivity contribution in [3.8, 4) is 17.2 Å². The number of anilines is 1. The third kappa shape index (κ3) is 4.40. The fraction of sp³-hybridized carbons (Fsp3) is 0.333. The average Bonchev–Trinajstić information content (AvgIpc) is 2.97. The molecular formula is C21H21ClN2O5. The average molecular weight is 417 g/mol. The van der Waals surface area contributed by atoms with E-state index in [1.807, 2.05) is 30.3 Å². The zero-order chi connectivity index (χ0) is 20.2. The monoisotopic (exact) mass is 416 g/mol. The molecule has 4 rings (SSSR count). The maximum absolute atomic E-state index is 12.3. The number of benzene rings is 2. The first-order chi connectivity index (χ1) is 14.1. The molecule has 2 aromatic rings. The van der Waals surface area contributed by atoms with Crippen molar-refractivity contribution in [3.63, 3.8) is 0 Å². The molecule has 0 atom stereocenters. The molecule has 1 N–H and O–H groups in total. The number of halogens is 1. The third-order valence-corrected chi connectivity index (χ3v) is 5.00. The second-order valence-corrected chi connectivity index (χ2v) is 7.19. The van der Waals surface area contributed by atoms with E-state index in [1.54, 1.807) is 11.0 Å². The van der Waals surface area contributed by atoms with Gasteiger partial charge in [-0.05, 0) is 29.8 Å². The van der Waals surface area contributed by atoms with Crippen LogP contribution in [0.2, 0.25) is 5.02 Å². The van der Waals surface area contributed by atoms with E-state index in [2.05, 4.69) is 5.32 Å². The van der Waals surface area contributed by atoms with E-state index in [0.29, 0.717) is 47.7 Å². The molecule has 0 saturated heterocycles. The number of fused-ring (bicyclic) bond motifs is 2. The van der Waals surface area contributed by atoms with Crippen LogP contribution in [0.25, 0.3) is 0 Å². The van der Waals surface area contributed by atoms with Crippen molar-refractivity contribution >= 4 is 29.1 Å². The Kier molecular flexibility index (Phi) is 5.76. The first-order valence-electron chi connectivity index (χ1n) is 9.49. The smallest absolute Gasteiger partial charge is 0.265 e. The lowest BCUT2D eigenvalue weighted by atomic mass is 10.2. The maximum Gasteiger partial charge on any atom is 0.265 e. The molecule has 7 nitrogen and oxygen atoms in total. The zero-order valence-corrected chi connectivity index (χ0v) is 16.5. The van der Waals surface area contributed by atoms with Crippen molar-refractivity contribution in [2.75, 3.05) is 31.3 Å². The van der Waals surface area contributed by atoms with Crippen molar-refractivity contribution in [2.24, 2.45) is 0 Å². The summed E-state index contributed by atoms with van der Waals surface area (Å²) in [5.74, 6) is 1.46. The number of carbonyl (C=O) groups excluding carboxylic acids is 2. The molecule has 0 radical (unpaired) electrons. The molecule has 2 amide bonds. The summed E-state index contributed by atoms with van der Waals surface area (Å²) in [5.41, 5.74) is 1.51. The molecular weight excluding hydrogens is 396 g/mol. The van der Waals surface area contributed by atoms with Gasteiger partial charge in [-0.3, -0.25) is 9.59 Å². The van der Waals surface area contributed by atoms with Gasteiger partial charge in [-0.2, -0.15) is 0 Å². The number of ether oxygens (including phenoxy) is 3. The van der Waals surface area contributed by atoms with Gasteiger partial charge in [0.25, 0.3) is 5.91 Å². The highest BCUT2D eigenvalue weighted by Crippen LogP contribution is 2.38. The summed E-state index contributed by atoms with van der Waals surface area (Å²) in [6.07, 6.45) is 0.971. The normalized spacial score (nSPS) is 15.2. The molecule has 0 saturated carbocycles. The van der Waals surface area contributed by atoms with E-state index in [0.717, 1.165) is 12.0 Å². The van der Waals surface area contributed by atoms with Gasteiger partial charge in [0, 0.05) is 25.9 Å². The Morgan fingerprint density at radius 3 is 2.83 bits per heavy atom. The molecule has 0 unspecified atom stereocenters. The number of rotatable bonds is 5. The van der Waals surface area contributed by atoms with Crippen LogP contribution in [0.1, 0.15) is 18.4 Å². The van der Waals surface area contributed by atoms with Gasteiger partial charge >= 0.3 is 0 Å². The topological polar surface area (TPSA) is 77.1 Å². The Morgan fingerprint density at radius 1 is 1.10 bits per heavy atom. The quantitative estimate of drug-likeness (QED) is 0.810. The van der Waals surface area contributed by atoms with Crippen molar-refractivity contribution in [1.29, 1.82) is 0 Å². The van der Waals surface area contributed by atoms with E-state index in [-0.39, 0.29) is 31.4 Å². The van der Waals surface area contributed by atoms with E-state index in [9.17, 15) is 9.59 Å². The van der Waals surface area contributed by atoms with Gasteiger partial charge in [0.15, 0.2) is 18.1 Å². The summed E-state index contributed by atoms with van der Waals surface area (Å²) in [6.45, 7) is 1.70. The van der Waals surface area contributed by atoms with Crippen LogP contribution >= 0.6 is 11.6 Å². The van der Waals surface area contributed by atoms with Gasteiger partial charge in [0.2, 0.25) is 5.91 Å². The number of hydrogen-bond donors (Lipinski definition) is 1. The Bertz CT molecular complexity index is 933. The number of para-hydroxylation sites is 2. The first kappa shape index (κ1) is 19.4. The predicted molar refractivity (Wildman–Crippen MR) is 108 cm³/mol. The minimum absolute atomic E-state index is 0.0195. The van der Waals surface area contributed by atoms with Gasteiger partial charge in [-0.15, -0.1) is 0 Å². The molecule has 0 aliphatic carbocycles. The number of carbonyl (C=O) groups is 2. The van der Waals surface area contributed by atoms with Gasteiger partial charge in [0.1, 0.15) is 5.75 Å². The summed E-state index contributed by atoms with van der Waals surface area (Å²) in [7, 11) is 0. The SMILES string of the molecule is O=C(CCN1C(=O)COc2ccccc21)NCc1cc(Cl)c2c(c1)OCCCO2. The molecule has 2 aliphatic heterocycles. The second kappa shape index (κ2) is 8.61. The van der Waals surface area contributed by atoms with Gasteiger partial charge < -0.3 is 24.4 Å². The summed E-state index contributed by atoms with van der Waals surface area (Å²) in [5, 5.41) is 3.33. The standard InChI is InChI=1S/C21H21ClN2O5/c22-15-10-14(11-18-21(15)28-9-3-8-27-18)12-23-19(25)6-7-24-16-4-1-2-5-17(16)29-13-20(24)26/h1-2,4-5,10-11H,3,6-9,12-13H2,(H,23,25). The zero-order valence-electron chi connectivity index (χ0n) is 15.8. The van der Waals surface area contributed by atoms with Crippen LogP contribution in [0.3, 0.4) is 0 Å². The van der Waals surface area contributed by atoms with Gasteiger partial charge in [0.05, 0.1) is 23.9 Å². The number of amides is 2. The van der Waals surface area contributed by atoms with Crippen molar-refractivity contribution in [2.45, 2.75) is 19.4 Å². The van der Waals surface area contributed by atoms with Crippen LogP contribution in [0.15, 0.2) is 36.4 Å². The number of nitrogens with zero attached hydrogens (tertiary/aromatic N) is 1. The van der Waals surface area contributed by atoms with E-state index >= 15 is 0 Å². The van der Waals surface area contributed by atoms with Crippen LogP contribution in [-0.4, -0.2) is 38.2 Å². The van der Waals surface area contributed by atoms with E-state index in [1.165, 1.54) is 0 Å². The fourth-order valence-corrected chi connectivity index (χ4v) is 3.58. The van der Waals surface area contributed by atoms with Gasteiger partial charge in [-0.1, -0.05) is 23.7 Å². The molecule has 2 aromatic carbocycles. The van der Waals surface area contributed by atoms with E-state index in [4.69, 9.17) is 25.8 Å². The molecule has 0 spiro atoms. The molecule has 152 valence electrons. The molecule has 2 aliphatic rings. The Balaban J connectivity index is 1.35. The predicted octanol–water partition coefficient (Wildman–Crippen LogP) is 2.93. The molecule has 8 heteroatoms. The Morgan fingerprint density at radius 2 is 1.93 bits per heavy atom. The van der Waals surface area contributed by atoms with Crippen molar-refractivity contribution < 1.29 is 23.8 Å². The lowest BCUT2D eigenvalue weighted by Gasteiger charge is -2.29. The summed E-state index contributed by atoms with van der Waals surface area (Å²) in [6, 6.07) is 10.9. The second-order valence-electron chi connectivity index (χ2n) is 6.78. The first-order valence-corrected chi connectivity index (χ1v) is 9.86. The Hall–Kier alpha value is -2.93. The minimum Gasteiger partial charge on any atom is -0.489 e. The van der Waals surface area contributed by atoms with Crippen LogP contribution < -0.4 is 24.4 Å². The number of hydrogen-bond acceptors (Lipinski definition) is 5. The van der Waals surface area contributed by atoms with Crippen LogP contribution in [0, 0.1) is 0 Å². The summed E-state index contributed by atoms with van der Waals surface area (Å²) in [4.78, 5) is 26.1. The fourth-order valence-electron chi connectivity index (χ4n) is 3.29. The minimum atomic E-state index is -0.162. The van der Waals surface area contributed by atoms with E-state index < -0.39 is 0 Å². The molecule has 0 aromatic heterocycles. The largest absolute Gasteiger partial charge is 0.489 e. The third-order valence-electron chi connectivity index (χ3n) is 4.72. The molecule has 2 heterocycles. The Labute approximate surface area is 173 Å². The lowest BCUT2D eigenvalue weighted by Crippen LogP contribution is -2.41. The van der Waals surface area contributed by atoms with Crippen LogP contribution in [0.5, 0.6) is 17.2 Å².